The number of halogens is 9. The molecule has 0 amide bonds. The first-order valence-electron chi connectivity index (χ1n) is 14.7. The molecular formula is C21H55F9O18S3Si5. The molecule has 1 rings (SSSR count). The highest BCUT2D eigenvalue weighted by Gasteiger charge is 2.64. The summed E-state index contributed by atoms with van der Waals surface area (Å²) >= 11 is 0. The molecule has 1 aliphatic rings. The lowest BCUT2D eigenvalue weighted by Crippen LogP contribution is -2.68. The predicted octanol–water partition coefficient (Wildman–Crippen LogP) is 3.84. The van der Waals surface area contributed by atoms with Crippen molar-refractivity contribution in [3.05, 3.63) is 0 Å². The van der Waals surface area contributed by atoms with Crippen molar-refractivity contribution >= 4 is 73.7 Å². The Hall–Kier alpha value is -0.336. The summed E-state index contributed by atoms with van der Waals surface area (Å²) in [6.45, 7) is 23.1. The summed E-state index contributed by atoms with van der Waals surface area (Å²) in [5.74, 6) is 2.69. The van der Waals surface area contributed by atoms with Crippen LogP contribution in [-0.2, 0) is 66.0 Å². The second kappa shape index (κ2) is 24.8. The van der Waals surface area contributed by atoms with E-state index in [1.807, 2.05) is 0 Å². The minimum Gasteiger partial charge on any atom is -0.744 e. The minimum atomic E-state index is -6.82. The molecule has 18 nitrogen and oxygen atoms in total. The SMILES string of the molecule is CC[C@@H](C)C(C)[C@@H](C)CC.C[Si](C)(O)O[Si](C)(C)O.C[Si]1(C)O[Si](C)(C)OS(=O)([O-])(C(F)(F)F)O1.O=S(=O)(O)C(F)(F)F.O=S(=O)([O-])C(F)(F)F.O=[Si]=O.[OH3+].[OH3+]. The van der Waals surface area contributed by atoms with Gasteiger partial charge in [0.05, 0.1) is 0 Å². The first-order chi connectivity index (χ1) is 22.9. The van der Waals surface area contributed by atoms with E-state index in [2.05, 4.69) is 42.4 Å². The van der Waals surface area contributed by atoms with E-state index < -0.39 is 90.2 Å². The molecule has 0 aromatic heterocycles. The third kappa shape index (κ3) is 32.5. The van der Waals surface area contributed by atoms with E-state index in [1.165, 1.54) is 39.0 Å². The molecule has 56 heavy (non-hydrogen) atoms. The van der Waals surface area contributed by atoms with Crippen molar-refractivity contribution in [1.82, 2.24) is 0 Å². The largest absolute Gasteiger partial charge is 0.744 e. The Balaban J connectivity index is -0.000000107. The van der Waals surface area contributed by atoms with Gasteiger partial charge < -0.3 is 45.6 Å². The van der Waals surface area contributed by atoms with Crippen LogP contribution in [0.1, 0.15) is 47.5 Å². The van der Waals surface area contributed by atoms with Crippen molar-refractivity contribution in [3.63, 3.8) is 0 Å². The van der Waals surface area contributed by atoms with Gasteiger partial charge in [-0.05, 0) is 70.1 Å². The summed E-state index contributed by atoms with van der Waals surface area (Å²) in [6, 6.07) is 0. The van der Waals surface area contributed by atoms with Crippen LogP contribution in [-0.4, -0.2) is 104 Å². The summed E-state index contributed by atoms with van der Waals surface area (Å²) in [7, 11) is -31.9. The van der Waals surface area contributed by atoms with E-state index in [9.17, 15) is 48.3 Å². The molecule has 1 unspecified atom stereocenters. The maximum absolute atomic E-state index is 12.6. The number of alkyl halides is 9. The molecule has 1 saturated heterocycles. The molecule has 0 aliphatic carbocycles. The lowest BCUT2D eigenvalue weighted by molar-refractivity contribution is -0.0815. The fourth-order valence-corrected chi connectivity index (χ4v) is 20.6. The van der Waals surface area contributed by atoms with Crippen LogP contribution in [0.25, 0.3) is 0 Å². The van der Waals surface area contributed by atoms with Crippen LogP contribution < -0.4 is 0 Å². The fourth-order valence-electron chi connectivity index (χ4n) is 3.35. The Kier molecular flexibility index (Phi) is 31.1. The summed E-state index contributed by atoms with van der Waals surface area (Å²) in [5.41, 5.74) is -16.8. The molecule has 35 heteroatoms. The third-order valence-corrected chi connectivity index (χ3v) is 21.1. The zero-order valence-corrected chi connectivity index (χ0v) is 40.0. The maximum atomic E-state index is 12.6. The molecule has 0 saturated carbocycles. The van der Waals surface area contributed by atoms with E-state index in [0.29, 0.717) is 0 Å². The highest BCUT2D eigenvalue weighted by molar-refractivity contribution is 8.09. The van der Waals surface area contributed by atoms with Crippen molar-refractivity contribution in [1.29, 1.82) is 0 Å². The van der Waals surface area contributed by atoms with Gasteiger partial charge in [0.15, 0.2) is 10.1 Å². The predicted molar refractivity (Wildman–Crippen MR) is 192 cm³/mol. The Morgan fingerprint density at radius 3 is 1.07 bits per heavy atom. The normalized spacial score (nSPS) is 19.6. The fraction of sp³-hybridized carbons (Fsp3) is 1.00. The molecule has 0 aromatic carbocycles. The Morgan fingerprint density at radius 2 is 0.964 bits per heavy atom. The topological polar surface area (TPSA) is 329 Å². The first kappa shape index (κ1) is 70.2. The van der Waals surface area contributed by atoms with E-state index in [-0.39, 0.29) is 11.0 Å². The zero-order chi connectivity index (χ0) is 45.6. The van der Waals surface area contributed by atoms with E-state index in [1.54, 1.807) is 26.2 Å². The molecule has 0 radical (unpaired) electrons. The molecule has 348 valence electrons. The average Bonchev–Trinajstić information content (AvgIpc) is 2.81. The van der Waals surface area contributed by atoms with Crippen molar-refractivity contribution in [2.45, 2.75) is 116 Å². The van der Waals surface area contributed by atoms with Crippen LogP contribution >= 0.6 is 0 Å². The maximum Gasteiger partial charge on any atom is 0.549 e. The van der Waals surface area contributed by atoms with Crippen LogP contribution in [0.5, 0.6) is 0 Å². The van der Waals surface area contributed by atoms with Gasteiger partial charge in [0.2, 0.25) is 0 Å². The van der Waals surface area contributed by atoms with Gasteiger partial charge in [0.25, 0.3) is 0 Å². The number of rotatable bonds is 6. The number of hydrogen-bond acceptors (Lipinski definition) is 15. The second-order valence-corrected chi connectivity index (χ2v) is 32.0. The lowest BCUT2D eigenvalue weighted by Gasteiger charge is -2.58. The van der Waals surface area contributed by atoms with Gasteiger partial charge in [-0.1, -0.05) is 47.5 Å². The molecule has 1 aliphatic heterocycles. The van der Waals surface area contributed by atoms with Crippen molar-refractivity contribution < 1.29 is 120 Å². The zero-order valence-electron chi connectivity index (χ0n) is 32.6. The van der Waals surface area contributed by atoms with Gasteiger partial charge in [-0.3, -0.25) is 13.5 Å². The smallest absolute Gasteiger partial charge is 0.549 e. The minimum absolute atomic E-state index is 0. The molecule has 1 heterocycles. The molecule has 9 N–H and O–H groups in total. The van der Waals surface area contributed by atoms with Gasteiger partial charge in [0, 0.05) is 0 Å². The van der Waals surface area contributed by atoms with E-state index in [4.69, 9.17) is 52.7 Å². The van der Waals surface area contributed by atoms with Crippen molar-refractivity contribution in [2.75, 3.05) is 0 Å². The van der Waals surface area contributed by atoms with Crippen LogP contribution in [0, 0.1) is 17.8 Å². The van der Waals surface area contributed by atoms with Gasteiger partial charge >= 0.3 is 70.2 Å². The molecule has 0 bridgehead atoms. The van der Waals surface area contributed by atoms with Crippen molar-refractivity contribution in [2.24, 2.45) is 17.8 Å². The molecular weight excluding hydrogens is 948 g/mol. The Labute approximate surface area is 326 Å². The Bertz CT molecular complexity index is 1360. The van der Waals surface area contributed by atoms with Gasteiger partial charge in [-0.25, -0.2) is 12.6 Å². The molecule has 0 aromatic rings. The molecule has 1 fully saturated rings. The highest BCUT2D eigenvalue weighted by Crippen LogP contribution is 2.50. The third-order valence-electron chi connectivity index (χ3n) is 5.72. The summed E-state index contributed by atoms with van der Waals surface area (Å²) in [4.78, 5) is 18.3. The van der Waals surface area contributed by atoms with Crippen LogP contribution in [0.4, 0.5) is 39.5 Å². The Morgan fingerprint density at radius 1 is 0.750 bits per heavy atom. The highest BCUT2D eigenvalue weighted by atomic mass is 32.3. The second-order valence-electron chi connectivity index (χ2n) is 12.8. The summed E-state index contributed by atoms with van der Waals surface area (Å²) < 4.78 is 212. The van der Waals surface area contributed by atoms with Gasteiger partial charge in [-0.15, -0.1) is 0 Å². The molecule has 3 atom stereocenters. The average molecular weight is 1000 g/mol. The van der Waals surface area contributed by atoms with Gasteiger partial charge in [-0.2, -0.15) is 47.9 Å². The van der Waals surface area contributed by atoms with E-state index in [0.717, 1.165) is 17.8 Å². The summed E-state index contributed by atoms with van der Waals surface area (Å²) in [5, 5.41) is 0. The van der Waals surface area contributed by atoms with Crippen LogP contribution in [0.15, 0.2) is 0 Å². The standard InChI is InChI=1S/C10H22.C5H13F3O5SSi2.C4H14O3Si2.2CHF3O3S.O2Si.2H2O/c1-6-8(3)10(5)9(4)7-2;1-15(2)11-14(9,10,5(6,7)8)12-16(3,4)13-15;1-8(2,5)7-9(3,4)6;2*2-1(3,4)8(5,6)7;1-3-2;;/h8-10H,6-7H2,1-5H3;1-4H3,(H,9,10);5-6H,1-4H3;2*(H,5,6,7);;2*1H2/t8-,9+,10?;;;;;;;. The number of hydrogen-bond donors (Lipinski definition) is 3. The quantitative estimate of drug-likeness (QED) is 0.112. The lowest BCUT2D eigenvalue weighted by atomic mass is 9.82. The molecule has 0 spiro atoms. The monoisotopic (exact) mass is 1000 g/mol. The van der Waals surface area contributed by atoms with E-state index >= 15 is 0 Å². The van der Waals surface area contributed by atoms with Crippen LogP contribution in [0.2, 0.25) is 52.4 Å². The van der Waals surface area contributed by atoms with Gasteiger partial charge in [0.1, 0.15) is 9.91 Å². The van der Waals surface area contributed by atoms with Crippen LogP contribution in [0.3, 0.4) is 0 Å². The van der Waals surface area contributed by atoms with Crippen molar-refractivity contribution in [3.8, 4) is 0 Å². The first-order valence-corrected chi connectivity index (χ1v) is 31.5. The summed E-state index contributed by atoms with van der Waals surface area (Å²) in [6.07, 6.45) is 2.65.